The molecule has 1 aromatic rings. The summed E-state index contributed by atoms with van der Waals surface area (Å²) in [5, 5.41) is 40.0. The van der Waals surface area contributed by atoms with Crippen LogP contribution < -0.4 is 22.1 Å². The molecular formula is C16H26N6O7. The number of carbonyl (C=O) groups is 3. The van der Waals surface area contributed by atoms with Crippen LogP contribution in [-0.2, 0) is 15.1 Å². The Hall–Kier alpha value is -2.77. The third-order valence-electron chi connectivity index (χ3n) is 4.75. The molecule has 0 radical (unpaired) electrons. The summed E-state index contributed by atoms with van der Waals surface area (Å²) in [5.41, 5.74) is 10.5. The van der Waals surface area contributed by atoms with Crippen molar-refractivity contribution in [3.05, 3.63) is 11.8 Å². The number of primary amides is 1. The Morgan fingerprint density at radius 1 is 1.31 bits per heavy atom. The molecule has 2 rings (SSSR count). The van der Waals surface area contributed by atoms with Crippen LogP contribution in [0.2, 0.25) is 0 Å². The molecule has 0 aromatic carbocycles. The van der Waals surface area contributed by atoms with Crippen molar-refractivity contribution in [3.63, 3.8) is 0 Å². The average Bonchev–Trinajstić information content (AvgIpc) is 3.10. The van der Waals surface area contributed by atoms with Gasteiger partial charge in [-0.1, -0.05) is 0 Å². The highest BCUT2D eigenvalue weighted by Gasteiger charge is 2.46. The molecule has 29 heavy (non-hydrogen) atoms. The zero-order valence-corrected chi connectivity index (χ0v) is 15.9. The molecule has 3 unspecified atom stereocenters. The molecule has 9 N–H and O–H groups in total. The number of carboxylic acid groups (broad SMARTS) is 1. The normalized spacial score (nSPS) is 24.1. The summed E-state index contributed by atoms with van der Waals surface area (Å²) < 4.78 is 5.59. The minimum atomic E-state index is -1.54. The molecule has 0 bridgehead atoms. The Balaban J connectivity index is 2.11. The van der Waals surface area contributed by atoms with E-state index in [1.165, 1.54) is 6.92 Å². The van der Waals surface area contributed by atoms with Crippen LogP contribution in [0.15, 0.2) is 4.42 Å². The molecular weight excluding hydrogens is 388 g/mol. The Labute approximate surface area is 165 Å². The van der Waals surface area contributed by atoms with E-state index in [1.54, 1.807) is 0 Å². The van der Waals surface area contributed by atoms with E-state index in [0.717, 1.165) is 0 Å². The quantitative estimate of drug-likeness (QED) is 0.224. The number of hydrogen-bond donors (Lipinski definition) is 7. The molecule has 1 saturated carbocycles. The molecule has 0 spiro atoms. The third kappa shape index (κ3) is 5.62. The van der Waals surface area contributed by atoms with Crippen molar-refractivity contribution in [2.75, 3.05) is 6.61 Å². The first kappa shape index (κ1) is 22.5. The lowest BCUT2D eigenvalue weighted by Gasteiger charge is -2.41. The molecule has 162 valence electrons. The van der Waals surface area contributed by atoms with Gasteiger partial charge in [-0.25, -0.2) is 9.59 Å². The largest absolute Gasteiger partial charge is 0.480 e. The highest BCUT2D eigenvalue weighted by atomic mass is 16.4. The van der Waals surface area contributed by atoms with E-state index in [4.69, 9.17) is 26.1 Å². The van der Waals surface area contributed by atoms with Crippen molar-refractivity contribution >= 4 is 17.9 Å². The van der Waals surface area contributed by atoms with Gasteiger partial charge in [0.05, 0.1) is 11.6 Å². The van der Waals surface area contributed by atoms with Crippen LogP contribution in [0.25, 0.3) is 0 Å². The van der Waals surface area contributed by atoms with Gasteiger partial charge in [0.25, 0.3) is 0 Å². The smallest absolute Gasteiger partial charge is 0.328 e. The number of aliphatic carboxylic acids is 1. The number of hydrogen-bond acceptors (Lipinski definition) is 9. The molecule has 0 saturated heterocycles. The number of urea groups is 1. The molecule has 13 nitrogen and oxygen atoms in total. The zero-order valence-electron chi connectivity index (χ0n) is 15.9. The lowest BCUT2D eigenvalue weighted by atomic mass is 9.69. The second kappa shape index (κ2) is 9.15. The number of carbonyl (C=O) groups excluding carboxylic acids is 2. The van der Waals surface area contributed by atoms with Crippen LogP contribution >= 0.6 is 0 Å². The van der Waals surface area contributed by atoms with Crippen LogP contribution in [0, 0.1) is 5.92 Å². The molecule has 1 aromatic heterocycles. The van der Waals surface area contributed by atoms with E-state index < -0.39 is 41.6 Å². The van der Waals surface area contributed by atoms with Crippen molar-refractivity contribution in [1.82, 2.24) is 20.8 Å². The van der Waals surface area contributed by atoms with Crippen molar-refractivity contribution in [1.29, 1.82) is 0 Å². The van der Waals surface area contributed by atoms with E-state index in [0.29, 0.717) is 12.8 Å². The Morgan fingerprint density at radius 2 is 1.97 bits per heavy atom. The van der Waals surface area contributed by atoms with Crippen molar-refractivity contribution < 1.29 is 34.1 Å². The van der Waals surface area contributed by atoms with Gasteiger partial charge in [-0.3, -0.25) is 4.79 Å². The van der Waals surface area contributed by atoms with E-state index in [2.05, 4.69) is 20.8 Å². The van der Waals surface area contributed by atoms with Crippen LogP contribution in [0.3, 0.4) is 0 Å². The summed E-state index contributed by atoms with van der Waals surface area (Å²) in [5.74, 6) is -1.89. The van der Waals surface area contributed by atoms with E-state index in [1.807, 2.05) is 0 Å². The number of rotatable bonds is 10. The van der Waals surface area contributed by atoms with Gasteiger partial charge in [0.15, 0.2) is 6.04 Å². The van der Waals surface area contributed by atoms with Crippen LogP contribution in [0.5, 0.6) is 0 Å². The fourth-order valence-corrected chi connectivity index (χ4v) is 3.12. The number of aliphatic hydroxyl groups is 2. The Bertz CT molecular complexity index is 746. The van der Waals surface area contributed by atoms with E-state index in [-0.39, 0.29) is 37.1 Å². The molecule has 13 heteroatoms. The number of nitrogens with two attached hydrogens (primary N) is 2. The summed E-state index contributed by atoms with van der Waals surface area (Å²) in [6, 6.07) is -3.40. The first-order valence-corrected chi connectivity index (χ1v) is 9.05. The first-order chi connectivity index (χ1) is 13.6. The van der Waals surface area contributed by atoms with Gasteiger partial charge in [0.1, 0.15) is 6.04 Å². The van der Waals surface area contributed by atoms with Gasteiger partial charge in [0, 0.05) is 13.0 Å². The molecule has 3 atom stereocenters. The van der Waals surface area contributed by atoms with Crippen LogP contribution in [-0.4, -0.2) is 62.2 Å². The molecule has 3 amide bonds. The lowest BCUT2D eigenvalue weighted by Crippen LogP contribution is -2.51. The van der Waals surface area contributed by atoms with Gasteiger partial charge in [-0.05, 0) is 32.1 Å². The number of nitrogens with zero attached hydrogens (tertiary/aromatic N) is 2. The summed E-state index contributed by atoms with van der Waals surface area (Å²) in [4.78, 5) is 34.4. The van der Waals surface area contributed by atoms with Gasteiger partial charge in [-0.2, -0.15) is 0 Å². The second-order valence-corrected chi connectivity index (χ2v) is 7.29. The lowest BCUT2D eigenvalue weighted by molar-refractivity contribution is -0.141. The maximum Gasteiger partial charge on any atom is 0.328 e. The standard InChI is InChI=1S/C16H26N6O7/c1-7(24)11(13(26)27)20-15(28)19-9(2-3-10(17)25)12-21-22-14(29-12)16(18)4-8(5-16)6-23/h7-9,11,23-24H,2-6,18H2,1H3,(H2,17,25)(H,26,27)(H2,19,20,28). The first-order valence-electron chi connectivity index (χ1n) is 9.05. The number of carboxylic acids is 1. The molecule has 1 aliphatic rings. The monoisotopic (exact) mass is 414 g/mol. The Morgan fingerprint density at radius 3 is 2.48 bits per heavy atom. The van der Waals surface area contributed by atoms with Crippen LogP contribution in [0.1, 0.15) is 50.4 Å². The highest BCUT2D eigenvalue weighted by Crippen LogP contribution is 2.42. The predicted octanol–water partition coefficient (Wildman–Crippen LogP) is -1.93. The number of aromatic nitrogens is 2. The number of nitrogens with one attached hydrogen (secondary N) is 2. The second-order valence-electron chi connectivity index (χ2n) is 7.29. The molecule has 0 aliphatic heterocycles. The van der Waals surface area contributed by atoms with Gasteiger partial charge in [0.2, 0.25) is 17.7 Å². The topological polar surface area (TPSA) is 227 Å². The van der Waals surface area contributed by atoms with E-state index in [9.17, 15) is 19.5 Å². The molecule has 1 heterocycles. The maximum absolute atomic E-state index is 12.2. The van der Waals surface area contributed by atoms with E-state index >= 15 is 0 Å². The SMILES string of the molecule is CC(O)C(NC(=O)NC(CCC(N)=O)c1nnc(C2(N)CC(CO)C2)o1)C(=O)O. The maximum atomic E-state index is 12.2. The Kier molecular flexibility index (Phi) is 7.11. The fourth-order valence-electron chi connectivity index (χ4n) is 3.12. The molecule has 1 fully saturated rings. The predicted molar refractivity (Wildman–Crippen MR) is 95.9 cm³/mol. The zero-order chi connectivity index (χ0) is 21.8. The minimum Gasteiger partial charge on any atom is -0.480 e. The third-order valence-corrected chi connectivity index (χ3v) is 4.75. The van der Waals surface area contributed by atoms with Crippen molar-refractivity contribution in [3.8, 4) is 0 Å². The number of amides is 3. The fraction of sp³-hybridized carbons (Fsp3) is 0.688. The highest BCUT2D eigenvalue weighted by molar-refractivity contribution is 5.83. The summed E-state index contributed by atoms with van der Waals surface area (Å²) in [6.07, 6.45) is -0.512. The van der Waals surface area contributed by atoms with Gasteiger partial charge in [-0.15, -0.1) is 10.2 Å². The van der Waals surface area contributed by atoms with Crippen molar-refractivity contribution in [2.24, 2.45) is 17.4 Å². The molecule has 1 aliphatic carbocycles. The summed E-state index contributed by atoms with van der Waals surface area (Å²) >= 11 is 0. The summed E-state index contributed by atoms with van der Waals surface area (Å²) in [6.45, 7) is 1.21. The van der Waals surface area contributed by atoms with Crippen molar-refractivity contribution in [2.45, 2.75) is 56.3 Å². The van der Waals surface area contributed by atoms with Crippen LogP contribution in [0.4, 0.5) is 4.79 Å². The minimum absolute atomic E-state index is 0.00304. The van der Waals surface area contributed by atoms with Gasteiger partial charge < -0.3 is 41.8 Å². The summed E-state index contributed by atoms with van der Waals surface area (Å²) in [7, 11) is 0. The average molecular weight is 414 g/mol. The van der Waals surface area contributed by atoms with Gasteiger partial charge >= 0.3 is 12.0 Å². The number of aliphatic hydroxyl groups excluding tert-OH is 2.